The van der Waals surface area contributed by atoms with E-state index in [0.29, 0.717) is 43.2 Å². The third-order valence-electron chi connectivity index (χ3n) is 7.37. The molecule has 0 unspecified atom stereocenters. The van der Waals surface area contributed by atoms with Crippen LogP contribution in [0, 0.1) is 0 Å². The standard InChI is InChI=1S/C26H34FN7O2/c1-16(14-36-4)19-12-30-24(34-10-6-17(34)2)20-13-29-23(11-18(19)20)31-22-5-8-28-25(32-22)33-9-7-21(35)26(3,27)15-33/h5,8,11-13,16-17,21,35H,6-7,9-10,14-15H2,1-4H3,(H,28,29,31,32)/t16-,17-,21-,26+/m1/s1. The molecule has 0 saturated carbocycles. The van der Waals surface area contributed by atoms with Gasteiger partial charge in [-0.3, -0.25) is 0 Å². The van der Waals surface area contributed by atoms with Gasteiger partial charge in [0.05, 0.1) is 19.3 Å². The van der Waals surface area contributed by atoms with Gasteiger partial charge in [0.25, 0.3) is 0 Å². The number of methoxy groups -OCH3 is 1. The van der Waals surface area contributed by atoms with Crippen LogP contribution in [0.2, 0.25) is 0 Å². The van der Waals surface area contributed by atoms with Crippen molar-refractivity contribution < 1.29 is 14.2 Å². The number of fused-ring (bicyclic) bond motifs is 1. The summed E-state index contributed by atoms with van der Waals surface area (Å²) in [4.78, 5) is 22.5. The molecule has 2 N–H and O–H groups in total. The van der Waals surface area contributed by atoms with Gasteiger partial charge in [0.15, 0.2) is 5.67 Å². The summed E-state index contributed by atoms with van der Waals surface area (Å²) in [5.41, 5.74) is -0.605. The van der Waals surface area contributed by atoms with E-state index in [0.717, 1.165) is 35.1 Å². The van der Waals surface area contributed by atoms with E-state index in [-0.39, 0.29) is 12.5 Å². The lowest BCUT2D eigenvalue weighted by atomic mass is 9.94. The topological polar surface area (TPSA) is 99.5 Å². The number of hydrogen-bond acceptors (Lipinski definition) is 9. The van der Waals surface area contributed by atoms with Crippen molar-refractivity contribution >= 4 is 34.2 Å². The minimum absolute atomic E-state index is 0.0390. The van der Waals surface area contributed by atoms with Crippen LogP contribution < -0.4 is 15.1 Å². The van der Waals surface area contributed by atoms with E-state index in [4.69, 9.17) is 9.72 Å². The molecule has 2 saturated heterocycles. The van der Waals surface area contributed by atoms with E-state index in [9.17, 15) is 9.50 Å². The van der Waals surface area contributed by atoms with Gasteiger partial charge in [0, 0.05) is 56.1 Å². The summed E-state index contributed by atoms with van der Waals surface area (Å²) in [6, 6.07) is 4.25. The molecular formula is C26H34FN7O2. The number of nitrogens with one attached hydrogen (secondary N) is 1. The molecule has 10 heteroatoms. The fraction of sp³-hybridized carbons (Fsp3) is 0.538. The summed E-state index contributed by atoms with van der Waals surface area (Å²) in [5.74, 6) is 2.76. The van der Waals surface area contributed by atoms with Gasteiger partial charge in [-0.2, -0.15) is 4.98 Å². The number of aliphatic hydroxyl groups is 1. The van der Waals surface area contributed by atoms with Gasteiger partial charge >= 0.3 is 0 Å². The number of anilines is 4. The highest BCUT2D eigenvalue weighted by molar-refractivity contribution is 5.96. The van der Waals surface area contributed by atoms with Crippen molar-refractivity contribution in [3.63, 3.8) is 0 Å². The average molecular weight is 496 g/mol. The summed E-state index contributed by atoms with van der Waals surface area (Å²) in [6.45, 7) is 7.87. The molecule has 3 aromatic rings. The maximum atomic E-state index is 14.7. The van der Waals surface area contributed by atoms with Crippen molar-refractivity contribution in [3.8, 4) is 0 Å². The molecule has 5 rings (SSSR count). The highest BCUT2D eigenvalue weighted by Crippen LogP contribution is 2.36. The summed E-state index contributed by atoms with van der Waals surface area (Å²) >= 11 is 0. The van der Waals surface area contributed by atoms with E-state index in [1.807, 2.05) is 18.5 Å². The second-order valence-electron chi connectivity index (χ2n) is 10.2. The molecule has 0 aliphatic carbocycles. The minimum Gasteiger partial charge on any atom is -0.390 e. The highest BCUT2D eigenvalue weighted by atomic mass is 19.1. The molecule has 4 atom stereocenters. The third-order valence-corrected chi connectivity index (χ3v) is 7.37. The van der Waals surface area contributed by atoms with E-state index in [1.54, 1.807) is 24.3 Å². The predicted molar refractivity (Wildman–Crippen MR) is 139 cm³/mol. The number of ether oxygens (including phenoxy) is 1. The number of alkyl halides is 1. The first-order chi connectivity index (χ1) is 17.3. The smallest absolute Gasteiger partial charge is 0.227 e. The van der Waals surface area contributed by atoms with Gasteiger partial charge in [-0.1, -0.05) is 6.92 Å². The van der Waals surface area contributed by atoms with Gasteiger partial charge in [-0.25, -0.2) is 19.3 Å². The lowest BCUT2D eigenvalue weighted by Crippen LogP contribution is -2.52. The molecule has 0 bridgehead atoms. The monoisotopic (exact) mass is 495 g/mol. The van der Waals surface area contributed by atoms with Crippen molar-refractivity contribution in [3.05, 3.63) is 36.3 Å². The van der Waals surface area contributed by atoms with Crippen LogP contribution in [0.5, 0.6) is 0 Å². The summed E-state index contributed by atoms with van der Waals surface area (Å²) in [7, 11) is 1.71. The molecule has 3 aromatic heterocycles. The zero-order chi connectivity index (χ0) is 25.4. The van der Waals surface area contributed by atoms with Gasteiger partial charge < -0.3 is 25.0 Å². The van der Waals surface area contributed by atoms with Crippen molar-refractivity contribution in [2.45, 2.75) is 57.3 Å². The van der Waals surface area contributed by atoms with Gasteiger partial charge in [-0.05, 0) is 49.8 Å². The largest absolute Gasteiger partial charge is 0.390 e. The number of aromatic nitrogens is 4. The Balaban J connectivity index is 1.45. The lowest BCUT2D eigenvalue weighted by Gasteiger charge is -2.40. The Morgan fingerprint density at radius 2 is 2.03 bits per heavy atom. The number of hydrogen-bond donors (Lipinski definition) is 2. The molecular weight excluding hydrogens is 461 g/mol. The molecule has 36 heavy (non-hydrogen) atoms. The van der Waals surface area contributed by atoms with Gasteiger partial charge in [0.2, 0.25) is 5.95 Å². The Hall–Kier alpha value is -3.11. The Morgan fingerprint density at radius 3 is 2.72 bits per heavy atom. The normalized spacial score (nSPS) is 25.1. The number of pyridine rings is 2. The maximum Gasteiger partial charge on any atom is 0.227 e. The number of aliphatic hydroxyl groups excluding tert-OH is 1. The Bertz CT molecular complexity index is 1240. The maximum absolute atomic E-state index is 14.7. The molecule has 2 aliphatic rings. The number of piperidine rings is 1. The molecule has 0 aromatic carbocycles. The van der Waals surface area contributed by atoms with Crippen LogP contribution in [0.4, 0.5) is 27.8 Å². The first-order valence-electron chi connectivity index (χ1n) is 12.5. The molecule has 0 radical (unpaired) electrons. The van der Waals surface area contributed by atoms with Gasteiger partial charge in [0.1, 0.15) is 17.5 Å². The Morgan fingerprint density at radius 1 is 1.19 bits per heavy atom. The summed E-state index contributed by atoms with van der Waals surface area (Å²) in [6.07, 6.45) is 5.98. The zero-order valence-electron chi connectivity index (χ0n) is 21.3. The first-order valence-corrected chi connectivity index (χ1v) is 12.5. The first kappa shape index (κ1) is 24.6. The number of rotatable bonds is 7. The molecule has 2 aliphatic heterocycles. The van der Waals surface area contributed by atoms with Crippen LogP contribution in [0.1, 0.15) is 45.1 Å². The third kappa shape index (κ3) is 4.67. The fourth-order valence-corrected chi connectivity index (χ4v) is 5.01. The van der Waals surface area contributed by atoms with Crippen LogP contribution in [0.3, 0.4) is 0 Å². The highest BCUT2D eigenvalue weighted by Gasteiger charge is 2.39. The number of nitrogens with zero attached hydrogens (tertiary/aromatic N) is 6. The summed E-state index contributed by atoms with van der Waals surface area (Å²) < 4.78 is 20.1. The number of halogens is 1. The molecule has 0 spiro atoms. The van der Waals surface area contributed by atoms with Gasteiger partial charge in [-0.15, -0.1) is 0 Å². The second kappa shape index (κ2) is 9.74. The molecule has 9 nitrogen and oxygen atoms in total. The lowest BCUT2D eigenvalue weighted by molar-refractivity contribution is -0.00860. The van der Waals surface area contributed by atoms with Crippen molar-refractivity contribution in [2.24, 2.45) is 0 Å². The van der Waals surface area contributed by atoms with Crippen LogP contribution in [-0.2, 0) is 4.74 Å². The van der Waals surface area contributed by atoms with E-state index in [1.165, 1.54) is 6.92 Å². The Kier molecular flexibility index (Phi) is 6.65. The fourth-order valence-electron chi connectivity index (χ4n) is 5.01. The summed E-state index contributed by atoms with van der Waals surface area (Å²) in [5, 5.41) is 15.3. The van der Waals surface area contributed by atoms with Crippen molar-refractivity contribution in [1.29, 1.82) is 0 Å². The zero-order valence-corrected chi connectivity index (χ0v) is 21.3. The van der Waals surface area contributed by atoms with E-state index in [2.05, 4.69) is 39.0 Å². The van der Waals surface area contributed by atoms with Crippen LogP contribution in [0.15, 0.2) is 30.7 Å². The molecule has 192 valence electrons. The molecule has 2 fully saturated rings. The molecule has 5 heterocycles. The molecule has 0 amide bonds. The van der Waals surface area contributed by atoms with Crippen LogP contribution in [0.25, 0.3) is 10.8 Å². The van der Waals surface area contributed by atoms with Crippen molar-refractivity contribution in [1.82, 2.24) is 19.9 Å². The second-order valence-corrected chi connectivity index (χ2v) is 10.2. The Labute approximate surface area is 210 Å². The average Bonchev–Trinajstić information content (AvgIpc) is 2.85. The van der Waals surface area contributed by atoms with Crippen LogP contribution in [-0.4, -0.2) is 76.2 Å². The SMILES string of the molecule is COC[C@@H](C)c1cnc(N2CC[C@H]2C)c2cnc(Nc3ccnc(N4CC[C@@H](O)[C@@](C)(F)C4)n3)cc12. The predicted octanol–water partition coefficient (Wildman–Crippen LogP) is 3.81. The van der Waals surface area contributed by atoms with Crippen LogP contribution >= 0.6 is 0 Å². The quantitative estimate of drug-likeness (QED) is 0.507. The van der Waals surface area contributed by atoms with E-state index < -0.39 is 11.8 Å². The van der Waals surface area contributed by atoms with Crippen molar-refractivity contribution in [2.75, 3.05) is 48.5 Å². The van der Waals surface area contributed by atoms with E-state index >= 15 is 0 Å². The minimum atomic E-state index is -1.71.